The van der Waals surface area contributed by atoms with Crippen LogP contribution in [0.1, 0.15) is 10.6 Å². The van der Waals surface area contributed by atoms with E-state index in [1.807, 2.05) is 24.3 Å². The van der Waals surface area contributed by atoms with E-state index >= 15 is 0 Å². The normalized spacial score (nSPS) is 10.8. The van der Waals surface area contributed by atoms with Crippen molar-refractivity contribution in [1.82, 2.24) is 9.78 Å². The molecule has 0 radical (unpaired) electrons. The van der Waals surface area contributed by atoms with Crippen LogP contribution >= 0.6 is 0 Å². The topological polar surface area (TPSA) is 74.0 Å². The monoisotopic (exact) mass is 227 g/mol. The maximum Gasteiger partial charge on any atom is 0.313 e. The van der Waals surface area contributed by atoms with E-state index in [-0.39, 0.29) is 11.7 Å². The predicted octanol–water partition coefficient (Wildman–Crippen LogP) is 1.90. The van der Waals surface area contributed by atoms with Gasteiger partial charge in [-0.3, -0.25) is 4.79 Å². The first-order valence-electron chi connectivity index (χ1n) is 5.07. The zero-order valence-electron chi connectivity index (χ0n) is 8.83. The summed E-state index contributed by atoms with van der Waals surface area (Å²) in [6.45, 7) is 0. The maximum absolute atomic E-state index is 12.0. The van der Waals surface area contributed by atoms with E-state index in [0.717, 1.165) is 10.1 Å². The molecule has 0 aliphatic heterocycles. The molecule has 2 N–H and O–H groups in total. The minimum atomic E-state index is -0.335. The molecule has 0 aliphatic rings. The van der Waals surface area contributed by atoms with E-state index in [2.05, 4.69) is 5.10 Å². The number of rotatable bonds is 1. The van der Waals surface area contributed by atoms with Gasteiger partial charge < -0.3 is 10.2 Å². The number of para-hydroxylation sites is 1. The molecule has 3 aromatic rings. The van der Waals surface area contributed by atoms with Crippen LogP contribution in [0.25, 0.3) is 11.0 Å². The third-order valence-corrected chi connectivity index (χ3v) is 2.45. The summed E-state index contributed by atoms with van der Waals surface area (Å²) in [6.07, 6.45) is 2.87. The Hall–Kier alpha value is -2.56. The van der Waals surface area contributed by atoms with E-state index in [1.165, 1.54) is 12.4 Å². The Morgan fingerprint density at radius 1 is 1.35 bits per heavy atom. The molecular weight excluding hydrogens is 218 g/mol. The standard InChI is InChI=1S/C12H9N3O2/c13-9-6-14-15(7-9)12(16)11-5-8-3-1-2-4-10(8)17-11/h1-7H,13H2. The van der Waals surface area contributed by atoms with Crippen molar-refractivity contribution in [3.05, 3.63) is 48.5 Å². The maximum atomic E-state index is 12.0. The third-order valence-electron chi connectivity index (χ3n) is 2.45. The lowest BCUT2D eigenvalue weighted by Crippen LogP contribution is -2.11. The Bertz CT molecular complexity index is 663. The average Bonchev–Trinajstić information content (AvgIpc) is 2.93. The fourth-order valence-corrected chi connectivity index (χ4v) is 1.65. The molecule has 0 unspecified atom stereocenters. The van der Waals surface area contributed by atoms with Crippen LogP contribution in [0.15, 0.2) is 47.1 Å². The summed E-state index contributed by atoms with van der Waals surface area (Å²) in [5.41, 5.74) is 6.62. The van der Waals surface area contributed by atoms with Crippen molar-refractivity contribution in [2.24, 2.45) is 0 Å². The van der Waals surface area contributed by atoms with Gasteiger partial charge in [-0.1, -0.05) is 18.2 Å². The average molecular weight is 227 g/mol. The van der Waals surface area contributed by atoms with Crippen LogP contribution in [0.2, 0.25) is 0 Å². The van der Waals surface area contributed by atoms with Crippen molar-refractivity contribution >= 4 is 22.6 Å². The van der Waals surface area contributed by atoms with Crippen molar-refractivity contribution in [2.45, 2.75) is 0 Å². The fourth-order valence-electron chi connectivity index (χ4n) is 1.65. The number of hydrogen-bond donors (Lipinski definition) is 1. The molecule has 0 saturated carbocycles. The van der Waals surface area contributed by atoms with Crippen LogP contribution < -0.4 is 5.73 Å². The van der Waals surface area contributed by atoms with Gasteiger partial charge in [0.2, 0.25) is 0 Å². The molecular formula is C12H9N3O2. The fraction of sp³-hybridized carbons (Fsp3) is 0. The lowest BCUT2D eigenvalue weighted by Gasteiger charge is -1.94. The molecule has 5 heteroatoms. The summed E-state index contributed by atoms with van der Waals surface area (Å²) < 4.78 is 6.60. The number of benzene rings is 1. The van der Waals surface area contributed by atoms with E-state index < -0.39 is 0 Å². The second-order valence-corrected chi connectivity index (χ2v) is 3.67. The predicted molar refractivity (Wildman–Crippen MR) is 62.6 cm³/mol. The highest BCUT2D eigenvalue weighted by molar-refractivity contribution is 5.97. The molecule has 0 bridgehead atoms. The van der Waals surface area contributed by atoms with E-state index in [4.69, 9.17) is 10.2 Å². The number of nitrogens with two attached hydrogens (primary N) is 1. The quantitative estimate of drug-likeness (QED) is 0.689. The van der Waals surface area contributed by atoms with Crippen molar-refractivity contribution in [1.29, 1.82) is 0 Å². The number of nitrogen functional groups attached to an aromatic ring is 1. The smallest absolute Gasteiger partial charge is 0.313 e. The number of furan rings is 1. The number of nitrogens with zero attached hydrogens (tertiary/aromatic N) is 2. The Morgan fingerprint density at radius 2 is 2.18 bits per heavy atom. The molecule has 0 atom stereocenters. The largest absolute Gasteiger partial charge is 0.451 e. The molecule has 84 valence electrons. The van der Waals surface area contributed by atoms with Gasteiger partial charge in [0.25, 0.3) is 0 Å². The molecule has 5 nitrogen and oxygen atoms in total. The zero-order chi connectivity index (χ0) is 11.8. The second kappa shape index (κ2) is 3.48. The Labute approximate surface area is 96.4 Å². The van der Waals surface area contributed by atoms with Crippen LogP contribution in [0.4, 0.5) is 5.69 Å². The summed E-state index contributed by atoms with van der Waals surface area (Å²) in [5, 5.41) is 4.73. The lowest BCUT2D eigenvalue weighted by molar-refractivity contribution is 0.0919. The summed E-state index contributed by atoms with van der Waals surface area (Å²) >= 11 is 0. The van der Waals surface area contributed by atoms with Crippen molar-refractivity contribution < 1.29 is 9.21 Å². The number of carbonyl (C=O) groups excluding carboxylic acids is 1. The Balaban J connectivity index is 2.06. The van der Waals surface area contributed by atoms with Crippen molar-refractivity contribution in [2.75, 3.05) is 5.73 Å². The van der Waals surface area contributed by atoms with E-state index in [9.17, 15) is 4.79 Å². The second-order valence-electron chi connectivity index (χ2n) is 3.67. The molecule has 0 spiro atoms. The van der Waals surface area contributed by atoms with E-state index in [0.29, 0.717) is 11.3 Å². The SMILES string of the molecule is Nc1cnn(C(=O)c2cc3ccccc3o2)c1. The van der Waals surface area contributed by atoms with Gasteiger partial charge in [-0.2, -0.15) is 9.78 Å². The van der Waals surface area contributed by atoms with Gasteiger partial charge in [-0.25, -0.2) is 0 Å². The van der Waals surface area contributed by atoms with Crippen LogP contribution in [-0.2, 0) is 0 Å². The zero-order valence-corrected chi connectivity index (χ0v) is 8.83. The first kappa shape index (κ1) is 9.65. The first-order chi connectivity index (χ1) is 8.24. The molecule has 3 rings (SSSR count). The number of hydrogen-bond acceptors (Lipinski definition) is 4. The molecule has 2 heterocycles. The minimum Gasteiger partial charge on any atom is -0.451 e. The summed E-state index contributed by atoms with van der Waals surface area (Å²) in [7, 11) is 0. The highest BCUT2D eigenvalue weighted by Gasteiger charge is 2.14. The number of carbonyl (C=O) groups is 1. The summed E-state index contributed by atoms with van der Waals surface area (Å²) in [6, 6.07) is 9.12. The van der Waals surface area contributed by atoms with Gasteiger partial charge in [0, 0.05) is 5.39 Å². The van der Waals surface area contributed by atoms with Gasteiger partial charge >= 0.3 is 5.91 Å². The molecule has 1 aromatic carbocycles. The van der Waals surface area contributed by atoms with Gasteiger partial charge in [-0.15, -0.1) is 0 Å². The molecule has 0 fully saturated rings. The molecule has 0 amide bonds. The third kappa shape index (κ3) is 1.57. The number of aromatic nitrogens is 2. The van der Waals surface area contributed by atoms with Crippen LogP contribution in [0, 0.1) is 0 Å². The molecule has 0 saturated heterocycles. The number of fused-ring (bicyclic) bond motifs is 1. The highest BCUT2D eigenvalue weighted by Crippen LogP contribution is 2.19. The minimum absolute atomic E-state index is 0.245. The molecule has 2 aromatic heterocycles. The Kier molecular flexibility index (Phi) is 1.98. The highest BCUT2D eigenvalue weighted by atomic mass is 16.3. The van der Waals surface area contributed by atoms with Gasteiger partial charge in [-0.05, 0) is 12.1 Å². The van der Waals surface area contributed by atoms with Crippen molar-refractivity contribution in [3.8, 4) is 0 Å². The molecule has 0 aliphatic carbocycles. The van der Waals surface area contributed by atoms with Crippen LogP contribution in [0.5, 0.6) is 0 Å². The van der Waals surface area contributed by atoms with Crippen molar-refractivity contribution in [3.63, 3.8) is 0 Å². The van der Waals surface area contributed by atoms with Crippen LogP contribution in [-0.4, -0.2) is 15.7 Å². The van der Waals surface area contributed by atoms with Gasteiger partial charge in [0.15, 0.2) is 5.76 Å². The lowest BCUT2D eigenvalue weighted by atomic mass is 10.2. The first-order valence-corrected chi connectivity index (χ1v) is 5.07. The molecule has 17 heavy (non-hydrogen) atoms. The van der Waals surface area contributed by atoms with Crippen LogP contribution in [0.3, 0.4) is 0 Å². The van der Waals surface area contributed by atoms with Gasteiger partial charge in [0.05, 0.1) is 18.1 Å². The summed E-state index contributed by atoms with van der Waals surface area (Å²) in [4.78, 5) is 12.0. The number of anilines is 1. The van der Waals surface area contributed by atoms with E-state index in [1.54, 1.807) is 6.07 Å². The summed E-state index contributed by atoms with van der Waals surface area (Å²) in [5.74, 6) is -0.0906. The van der Waals surface area contributed by atoms with Gasteiger partial charge in [0.1, 0.15) is 5.58 Å². The Morgan fingerprint density at radius 3 is 2.88 bits per heavy atom.